The van der Waals surface area contributed by atoms with Crippen LogP contribution in [0.4, 0.5) is 0 Å². The number of hydrogen-bond donors (Lipinski definition) is 1. The molecule has 1 aromatic heterocycles. The van der Waals surface area contributed by atoms with Crippen LogP contribution in [0.1, 0.15) is 30.4 Å². The third kappa shape index (κ3) is 5.35. The number of nitrogens with one attached hydrogen (secondary N) is 1. The third-order valence-corrected chi connectivity index (χ3v) is 2.49. The molecular weight excluding hydrogens is 218 g/mol. The van der Waals surface area contributed by atoms with Gasteiger partial charge in [0.05, 0.1) is 6.54 Å². The lowest BCUT2D eigenvalue weighted by atomic mass is 10.2. The van der Waals surface area contributed by atoms with Crippen molar-refractivity contribution in [1.82, 2.24) is 5.32 Å². The van der Waals surface area contributed by atoms with Crippen LogP contribution in [0.2, 0.25) is 0 Å². The lowest BCUT2D eigenvalue weighted by molar-refractivity contribution is 0.0820. The molecule has 0 aliphatic rings. The first-order valence-corrected chi connectivity index (χ1v) is 6.13. The minimum absolute atomic E-state index is 0.538. The quantitative estimate of drug-likeness (QED) is 0.673. The van der Waals surface area contributed by atoms with Crippen LogP contribution >= 0.6 is 0 Å². The van der Waals surface area contributed by atoms with Gasteiger partial charge >= 0.3 is 0 Å². The van der Waals surface area contributed by atoms with Crippen LogP contribution in [0, 0.1) is 6.92 Å². The summed E-state index contributed by atoms with van der Waals surface area (Å²) in [6.07, 6.45) is 0.917. The van der Waals surface area contributed by atoms with Gasteiger partial charge in [0.25, 0.3) is 0 Å². The van der Waals surface area contributed by atoms with E-state index in [1.54, 1.807) is 7.11 Å². The highest BCUT2D eigenvalue weighted by Crippen LogP contribution is 2.15. The van der Waals surface area contributed by atoms with Crippen molar-refractivity contribution >= 4 is 0 Å². The number of aryl methyl sites for hydroxylation is 1. The fourth-order valence-electron chi connectivity index (χ4n) is 1.55. The molecular formula is C13H23NO3. The smallest absolute Gasteiger partial charge is 0.130 e. The molecule has 0 saturated carbocycles. The summed E-state index contributed by atoms with van der Waals surface area (Å²) in [7, 11) is 1.70. The van der Waals surface area contributed by atoms with Crippen molar-refractivity contribution in [2.75, 3.05) is 26.9 Å². The Morgan fingerprint density at radius 2 is 2.18 bits per heavy atom. The first-order valence-electron chi connectivity index (χ1n) is 6.13. The van der Waals surface area contributed by atoms with Gasteiger partial charge < -0.3 is 19.2 Å². The van der Waals surface area contributed by atoms with Crippen molar-refractivity contribution in [3.05, 3.63) is 23.2 Å². The molecule has 0 bridgehead atoms. The maximum atomic E-state index is 5.70. The number of rotatable bonds is 9. The average Bonchev–Trinajstić information content (AvgIpc) is 2.67. The van der Waals surface area contributed by atoms with Gasteiger partial charge in [-0.1, -0.05) is 6.92 Å². The molecule has 0 fully saturated rings. The highest BCUT2D eigenvalue weighted by atomic mass is 16.5. The first kappa shape index (κ1) is 14.2. The maximum absolute atomic E-state index is 5.70. The lowest BCUT2D eigenvalue weighted by Gasteiger charge is -2.01. The second-order valence-corrected chi connectivity index (χ2v) is 4.00. The van der Waals surface area contributed by atoms with Gasteiger partial charge in [-0.15, -0.1) is 0 Å². The summed E-state index contributed by atoms with van der Waals surface area (Å²) in [5, 5.41) is 3.25. The average molecular weight is 241 g/mol. The molecule has 1 rings (SSSR count). The molecule has 0 spiro atoms. The topological polar surface area (TPSA) is 43.6 Å². The fourth-order valence-corrected chi connectivity index (χ4v) is 1.55. The predicted octanol–water partition coefficient (Wildman–Crippen LogP) is 2.25. The second-order valence-electron chi connectivity index (χ2n) is 4.00. The molecule has 0 aliphatic carbocycles. The van der Waals surface area contributed by atoms with Crippen molar-refractivity contribution in [3.63, 3.8) is 0 Å². The number of ether oxygens (including phenoxy) is 2. The van der Waals surface area contributed by atoms with Gasteiger partial charge in [-0.25, -0.2) is 0 Å². The summed E-state index contributed by atoms with van der Waals surface area (Å²) >= 11 is 0. The Bertz CT molecular complexity index is 310. The standard InChI is InChI=1S/C13H23NO3/c1-4-14-9-13-11(2)8-12(17-13)10-16-7-5-6-15-3/h8,14H,4-7,9-10H2,1-3H3. The molecule has 4 nitrogen and oxygen atoms in total. The van der Waals surface area contributed by atoms with Gasteiger partial charge in [-0.05, 0) is 31.5 Å². The Balaban J connectivity index is 2.28. The van der Waals surface area contributed by atoms with E-state index < -0.39 is 0 Å². The zero-order valence-corrected chi connectivity index (χ0v) is 11.0. The second kappa shape index (κ2) is 8.28. The van der Waals surface area contributed by atoms with E-state index in [0.717, 1.165) is 37.6 Å². The van der Waals surface area contributed by atoms with E-state index in [1.165, 1.54) is 5.56 Å². The van der Waals surface area contributed by atoms with Crippen molar-refractivity contribution in [2.45, 2.75) is 33.4 Å². The van der Waals surface area contributed by atoms with Crippen LogP contribution in [0.3, 0.4) is 0 Å². The number of hydrogen-bond acceptors (Lipinski definition) is 4. The molecule has 0 saturated heterocycles. The summed E-state index contributed by atoms with van der Waals surface area (Å²) in [6.45, 7) is 7.85. The van der Waals surface area contributed by atoms with Crippen molar-refractivity contribution in [1.29, 1.82) is 0 Å². The fraction of sp³-hybridized carbons (Fsp3) is 0.692. The third-order valence-electron chi connectivity index (χ3n) is 2.49. The van der Waals surface area contributed by atoms with Gasteiger partial charge in [0.1, 0.15) is 18.1 Å². The first-order chi connectivity index (χ1) is 8.27. The number of methoxy groups -OCH3 is 1. The van der Waals surface area contributed by atoms with Crippen LogP contribution in [0.25, 0.3) is 0 Å². The predicted molar refractivity (Wildman–Crippen MR) is 67.0 cm³/mol. The van der Waals surface area contributed by atoms with Crippen LogP contribution in [-0.2, 0) is 22.6 Å². The minimum atomic E-state index is 0.538. The Morgan fingerprint density at radius 1 is 1.35 bits per heavy atom. The zero-order valence-electron chi connectivity index (χ0n) is 11.0. The molecule has 0 amide bonds. The van der Waals surface area contributed by atoms with E-state index in [2.05, 4.69) is 19.2 Å². The van der Waals surface area contributed by atoms with Gasteiger partial charge in [0.2, 0.25) is 0 Å². The molecule has 0 atom stereocenters. The van der Waals surface area contributed by atoms with E-state index in [0.29, 0.717) is 13.2 Å². The molecule has 98 valence electrons. The van der Waals surface area contributed by atoms with E-state index in [9.17, 15) is 0 Å². The summed E-state index contributed by atoms with van der Waals surface area (Å²) < 4.78 is 16.2. The minimum Gasteiger partial charge on any atom is -0.462 e. The normalized spacial score (nSPS) is 11.0. The molecule has 0 radical (unpaired) electrons. The van der Waals surface area contributed by atoms with Gasteiger partial charge in [0.15, 0.2) is 0 Å². The zero-order chi connectivity index (χ0) is 12.5. The van der Waals surface area contributed by atoms with Crippen LogP contribution < -0.4 is 5.32 Å². The Hall–Kier alpha value is -0.840. The van der Waals surface area contributed by atoms with E-state index in [-0.39, 0.29) is 0 Å². The Kier molecular flexibility index (Phi) is 6.93. The van der Waals surface area contributed by atoms with Crippen molar-refractivity contribution in [3.8, 4) is 0 Å². The van der Waals surface area contributed by atoms with Crippen LogP contribution in [0.5, 0.6) is 0 Å². The van der Waals surface area contributed by atoms with E-state index in [4.69, 9.17) is 13.9 Å². The lowest BCUT2D eigenvalue weighted by Crippen LogP contribution is -2.11. The molecule has 4 heteroatoms. The molecule has 1 N–H and O–H groups in total. The summed E-state index contributed by atoms with van der Waals surface area (Å²) in [4.78, 5) is 0. The van der Waals surface area contributed by atoms with Gasteiger partial charge in [0, 0.05) is 20.3 Å². The molecule has 1 heterocycles. The van der Waals surface area contributed by atoms with E-state index in [1.807, 2.05) is 6.07 Å². The van der Waals surface area contributed by atoms with E-state index >= 15 is 0 Å². The molecule has 17 heavy (non-hydrogen) atoms. The molecule has 0 unspecified atom stereocenters. The monoisotopic (exact) mass is 241 g/mol. The largest absolute Gasteiger partial charge is 0.462 e. The number of furan rings is 1. The molecule has 1 aromatic rings. The van der Waals surface area contributed by atoms with Gasteiger partial charge in [-0.3, -0.25) is 0 Å². The Labute approximate surface area is 103 Å². The van der Waals surface area contributed by atoms with Crippen LogP contribution in [0.15, 0.2) is 10.5 Å². The maximum Gasteiger partial charge on any atom is 0.130 e. The summed E-state index contributed by atoms with van der Waals surface area (Å²) in [5.74, 6) is 1.90. The van der Waals surface area contributed by atoms with Crippen LogP contribution in [-0.4, -0.2) is 26.9 Å². The SMILES string of the molecule is CCNCc1oc(COCCCOC)cc1C. The summed E-state index contributed by atoms with van der Waals surface area (Å²) in [5.41, 5.74) is 1.18. The van der Waals surface area contributed by atoms with Gasteiger partial charge in [-0.2, -0.15) is 0 Å². The highest BCUT2D eigenvalue weighted by Gasteiger charge is 2.06. The summed E-state index contributed by atoms with van der Waals surface area (Å²) in [6, 6.07) is 2.04. The Morgan fingerprint density at radius 3 is 2.88 bits per heavy atom. The molecule has 0 aliphatic heterocycles. The van der Waals surface area contributed by atoms with Crippen molar-refractivity contribution < 1.29 is 13.9 Å². The molecule has 0 aromatic carbocycles. The van der Waals surface area contributed by atoms with Crippen molar-refractivity contribution in [2.24, 2.45) is 0 Å². The highest BCUT2D eigenvalue weighted by molar-refractivity contribution is 5.19.